The number of likely N-dealkylation sites (N-methyl/N-ethyl adjacent to an activating group) is 1. The van der Waals surface area contributed by atoms with Crippen LogP contribution in [0.3, 0.4) is 0 Å². The molecule has 0 unspecified atom stereocenters. The number of nitrogens with one attached hydrogen (secondary N) is 2. The highest BCUT2D eigenvalue weighted by atomic mass is 35.5. The van der Waals surface area contributed by atoms with Crippen molar-refractivity contribution in [3.8, 4) is 5.75 Å². The minimum atomic E-state index is -3.87. The van der Waals surface area contributed by atoms with Crippen molar-refractivity contribution in [1.82, 2.24) is 10.2 Å². The summed E-state index contributed by atoms with van der Waals surface area (Å²) in [6.07, 6.45) is -0.133. The molecular formula is C23H30ClN3O5S. The summed E-state index contributed by atoms with van der Waals surface area (Å²) in [6, 6.07) is 10.6. The SMILES string of the molecule is CO[C@@H]1CN(C)C(=O)c2ccc(NS(=O)(=O)c3cccc(Cl)c3)cc2OC[C@@H](C)NC[C@H]1C. The van der Waals surface area contributed by atoms with Crippen molar-refractivity contribution in [2.24, 2.45) is 5.92 Å². The van der Waals surface area contributed by atoms with Gasteiger partial charge in [-0.1, -0.05) is 24.6 Å². The van der Waals surface area contributed by atoms with E-state index in [1.165, 1.54) is 18.2 Å². The molecule has 180 valence electrons. The first-order valence-electron chi connectivity index (χ1n) is 10.7. The van der Waals surface area contributed by atoms with Gasteiger partial charge in [0.1, 0.15) is 12.4 Å². The maximum absolute atomic E-state index is 13.2. The van der Waals surface area contributed by atoms with Crippen LogP contribution in [-0.2, 0) is 14.8 Å². The Labute approximate surface area is 200 Å². The fourth-order valence-electron chi connectivity index (χ4n) is 3.57. The third-order valence-electron chi connectivity index (χ3n) is 5.59. The molecule has 0 fully saturated rings. The number of amides is 1. The molecule has 0 radical (unpaired) electrons. The molecule has 0 aliphatic carbocycles. The van der Waals surface area contributed by atoms with E-state index >= 15 is 0 Å². The van der Waals surface area contributed by atoms with Gasteiger partial charge in [0.05, 0.1) is 22.3 Å². The van der Waals surface area contributed by atoms with E-state index in [2.05, 4.69) is 17.0 Å². The predicted octanol–water partition coefficient (Wildman–Crippen LogP) is 3.23. The molecule has 1 amide bonds. The van der Waals surface area contributed by atoms with E-state index < -0.39 is 10.0 Å². The first-order valence-corrected chi connectivity index (χ1v) is 12.5. The topological polar surface area (TPSA) is 97.0 Å². The first-order chi connectivity index (χ1) is 15.6. The zero-order chi connectivity index (χ0) is 24.2. The van der Waals surface area contributed by atoms with E-state index in [1.807, 2.05) is 6.92 Å². The first kappa shape index (κ1) is 25.3. The Morgan fingerprint density at radius 1 is 1.21 bits per heavy atom. The van der Waals surface area contributed by atoms with Crippen LogP contribution in [0, 0.1) is 5.92 Å². The maximum Gasteiger partial charge on any atom is 0.261 e. The number of rotatable bonds is 4. The van der Waals surface area contributed by atoms with Crippen molar-refractivity contribution < 1.29 is 22.7 Å². The monoisotopic (exact) mass is 495 g/mol. The smallest absolute Gasteiger partial charge is 0.261 e. The number of carbonyl (C=O) groups is 1. The Morgan fingerprint density at radius 3 is 2.67 bits per heavy atom. The number of fused-ring (bicyclic) bond motifs is 1. The number of benzene rings is 2. The van der Waals surface area contributed by atoms with Gasteiger partial charge in [-0.05, 0) is 43.2 Å². The molecule has 0 saturated carbocycles. The molecule has 1 aliphatic heterocycles. The molecule has 10 heteroatoms. The van der Waals surface area contributed by atoms with Gasteiger partial charge < -0.3 is 19.7 Å². The van der Waals surface area contributed by atoms with Crippen LogP contribution in [0.5, 0.6) is 5.75 Å². The van der Waals surface area contributed by atoms with E-state index in [4.69, 9.17) is 21.1 Å². The molecular weight excluding hydrogens is 466 g/mol. The van der Waals surface area contributed by atoms with Crippen LogP contribution in [0.1, 0.15) is 24.2 Å². The lowest BCUT2D eigenvalue weighted by atomic mass is 10.0. The third kappa shape index (κ3) is 6.38. The number of halogens is 1. The summed E-state index contributed by atoms with van der Waals surface area (Å²) in [7, 11) is -0.515. The fourth-order valence-corrected chi connectivity index (χ4v) is 4.92. The molecule has 1 heterocycles. The zero-order valence-electron chi connectivity index (χ0n) is 19.2. The van der Waals surface area contributed by atoms with Crippen molar-refractivity contribution in [2.75, 3.05) is 38.6 Å². The summed E-state index contributed by atoms with van der Waals surface area (Å²) >= 11 is 5.94. The molecule has 0 spiro atoms. The Bertz CT molecular complexity index is 1100. The summed E-state index contributed by atoms with van der Waals surface area (Å²) in [5.74, 6) is 0.258. The summed E-state index contributed by atoms with van der Waals surface area (Å²) in [4.78, 5) is 14.8. The molecule has 0 saturated heterocycles. The lowest BCUT2D eigenvalue weighted by Gasteiger charge is -2.30. The summed E-state index contributed by atoms with van der Waals surface area (Å²) < 4.78 is 39.7. The summed E-state index contributed by atoms with van der Waals surface area (Å²) in [6.45, 7) is 5.48. The van der Waals surface area contributed by atoms with Crippen LogP contribution in [0.25, 0.3) is 0 Å². The van der Waals surface area contributed by atoms with Crippen LogP contribution in [-0.4, -0.2) is 65.2 Å². The third-order valence-corrected chi connectivity index (χ3v) is 7.20. The molecule has 2 N–H and O–H groups in total. The Hall–Kier alpha value is -2.33. The quantitative estimate of drug-likeness (QED) is 0.676. The van der Waals surface area contributed by atoms with E-state index in [0.29, 0.717) is 36.0 Å². The lowest BCUT2D eigenvalue weighted by molar-refractivity contribution is 0.0281. The molecule has 0 aromatic heterocycles. The van der Waals surface area contributed by atoms with Crippen molar-refractivity contribution in [2.45, 2.75) is 30.9 Å². The van der Waals surface area contributed by atoms with E-state index in [1.54, 1.807) is 43.3 Å². The predicted molar refractivity (Wildman–Crippen MR) is 129 cm³/mol. The molecule has 2 aromatic carbocycles. The van der Waals surface area contributed by atoms with Gasteiger partial charge in [0.25, 0.3) is 15.9 Å². The molecule has 1 aliphatic rings. The van der Waals surface area contributed by atoms with Gasteiger partial charge in [0, 0.05) is 44.4 Å². The number of hydrogen-bond donors (Lipinski definition) is 2. The van der Waals surface area contributed by atoms with Gasteiger partial charge in [0.2, 0.25) is 0 Å². The van der Waals surface area contributed by atoms with Crippen LogP contribution >= 0.6 is 11.6 Å². The van der Waals surface area contributed by atoms with Gasteiger partial charge in [-0.25, -0.2) is 8.42 Å². The van der Waals surface area contributed by atoms with Crippen molar-refractivity contribution in [3.63, 3.8) is 0 Å². The van der Waals surface area contributed by atoms with Crippen molar-refractivity contribution in [1.29, 1.82) is 0 Å². The minimum absolute atomic E-state index is 0.0110. The fraction of sp³-hybridized carbons (Fsp3) is 0.435. The Balaban J connectivity index is 1.92. The summed E-state index contributed by atoms with van der Waals surface area (Å²) in [5.41, 5.74) is 0.624. The highest BCUT2D eigenvalue weighted by molar-refractivity contribution is 7.92. The normalized spacial score (nSPS) is 22.5. The average molecular weight is 496 g/mol. The van der Waals surface area contributed by atoms with Crippen molar-refractivity contribution in [3.05, 3.63) is 53.1 Å². The second-order valence-corrected chi connectivity index (χ2v) is 10.5. The van der Waals surface area contributed by atoms with Crippen molar-refractivity contribution >= 4 is 33.2 Å². The van der Waals surface area contributed by atoms with E-state index in [9.17, 15) is 13.2 Å². The molecule has 8 nitrogen and oxygen atoms in total. The molecule has 0 bridgehead atoms. The van der Waals surface area contributed by atoms with Crippen LogP contribution in [0.15, 0.2) is 47.4 Å². The largest absolute Gasteiger partial charge is 0.491 e. The maximum atomic E-state index is 13.2. The average Bonchev–Trinajstić information content (AvgIpc) is 2.78. The second-order valence-electron chi connectivity index (χ2n) is 8.33. The van der Waals surface area contributed by atoms with Gasteiger partial charge in [-0.3, -0.25) is 9.52 Å². The van der Waals surface area contributed by atoms with E-state index in [-0.39, 0.29) is 34.6 Å². The lowest BCUT2D eigenvalue weighted by Crippen LogP contribution is -2.44. The zero-order valence-corrected chi connectivity index (χ0v) is 20.7. The highest BCUT2D eigenvalue weighted by Crippen LogP contribution is 2.28. The number of hydrogen-bond acceptors (Lipinski definition) is 6. The summed E-state index contributed by atoms with van der Waals surface area (Å²) in [5, 5.41) is 3.74. The van der Waals surface area contributed by atoms with Gasteiger partial charge >= 0.3 is 0 Å². The molecule has 3 rings (SSSR count). The van der Waals surface area contributed by atoms with Crippen LogP contribution in [0.2, 0.25) is 5.02 Å². The number of sulfonamides is 1. The molecule has 33 heavy (non-hydrogen) atoms. The van der Waals surface area contributed by atoms with Gasteiger partial charge in [-0.2, -0.15) is 0 Å². The molecule has 3 atom stereocenters. The number of nitrogens with zero attached hydrogens (tertiary/aromatic N) is 1. The number of anilines is 1. The Kier molecular flexibility index (Phi) is 8.23. The highest BCUT2D eigenvalue weighted by Gasteiger charge is 2.26. The standard InChI is InChI=1S/C23H30ClN3O5S/c1-15-12-25-16(2)14-32-21-11-18(26-33(29,30)19-7-5-6-17(24)10-19)8-9-20(21)23(28)27(3)13-22(15)31-4/h5-11,15-16,22,25-26H,12-14H2,1-4H3/t15-,16-,22-/m1/s1. The number of carbonyl (C=O) groups excluding carboxylic acids is 1. The Morgan fingerprint density at radius 2 is 1.97 bits per heavy atom. The number of methoxy groups -OCH3 is 1. The molecule has 2 aromatic rings. The van der Waals surface area contributed by atoms with Gasteiger partial charge in [0.15, 0.2) is 0 Å². The number of ether oxygens (including phenoxy) is 2. The van der Waals surface area contributed by atoms with Gasteiger partial charge in [-0.15, -0.1) is 0 Å². The van der Waals surface area contributed by atoms with Crippen LogP contribution in [0.4, 0.5) is 5.69 Å². The van der Waals surface area contributed by atoms with E-state index in [0.717, 1.165) is 0 Å². The second kappa shape index (κ2) is 10.7. The van der Waals surface area contributed by atoms with Crippen LogP contribution < -0.4 is 14.8 Å². The minimum Gasteiger partial charge on any atom is -0.491 e.